The number of amides is 3. The molecule has 3 amide bonds. The van der Waals surface area contributed by atoms with Gasteiger partial charge in [0.2, 0.25) is 5.91 Å². The van der Waals surface area contributed by atoms with Gasteiger partial charge in [0.15, 0.2) is 0 Å². The third-order valence-electron chi connectivity index (χ3n) is 8.94. The van der Waals surface area contributed by atoms with Crippen molar-refractivity contribution in [3.05, 3.63) is 153 Å². The molecule has 5 aromatic rings. The molecule has 9 heteroatoms. The maximum absolute atomic E-state index is 13.7. The minimum absolute atomic E-state index is 0.101. The Balaban J connectivity index is 1.15. The van der Waals surface area contributed by atoms with Gasteiger partial charge in [0.1, 0.15) is 16.8 Å². The number of nitrogens with one attached hydrogen (secondary N) is 3. The smallest absolute Gasteiger partial charge is 0.272 e. The second-order valence-electron chi connectivity index (χ2n) is 12.4. The van der Waals surface area contributed by atoms with Gasteiger partial charge in [0.25, 0.3) is 11.8 Å². The van der Waals surface area contributed by atoms with Crippen LogP contribution in [0.5, 0.6) is 0 Å². The van der Waals surface area contributed by atoms with Crippen molar-refractivity contribution in [2.75, 3.05) is 10.6 Å². The summed E-state index contributed by atoms with van der Waals surface area (Å²) in [4.78, 5) is 42.3. The summed E-state index contributed by atoms with van der Waals surface area (Å²) in [5, 5.41) is 19.1. The second-order valence-corrected chi connectivity index (χ2v) is 14.8. The number of anilines is 2. The van der Waals surface area contributed by atoms with Crippen molar-refractivity contribution < 1.29 is 14.4 Å². The molecule has 1 aromatic heterocycles. The quantitative estimate of drug-likeness (QED) is 0.0936. The third-order valence-corrected chi connectivity index (χ3v) is 11.5. The van der Waals surface area contributed by atoms with E-state index in [9.17, 15) is 19.6 Å². The van der Waals surface area contributed by atoms with Crippen LogP contribution in [-0.2, 0) is 22.4 Å². The predicted molar refractivity (Wildman–Crippen MR) is 207 cm³/mol. The first-order valence-electron chi connectivity index (χ1n) is 16.9. The van der Waals surface area contributed by atoms with Gasteiger partial charge in [-0.05, 0) is 97.2 Å². The fourth-order valence-corrected chi connectivity index (χ4v) is 8.47. The third kappa shape index (κ3) is 8.66. The van der Waals surface area contributed by atoms with Gasteiger partial charge in [0.05, 0.1) is 10.8 Å². The summed E-state index contributed by atoms with van der Waals surface area (Å²) in [5.41, 5.74) is 5.76. The number of benzene rings is 4. The molecule has 4 aromatic carbocycles. The monoisotopic (exact) mass is 710 g/mol. The van der Waals surface area contributed by atoms with Gasteiger partial charge >= 0.3 is 0 Å². The van der Waals surface area contributed by atoms with Crippen LogP contribution < -0.4 is 16.0 Å². The van der Waals surface area contributed by atoms with E-state index in [1.54, 1.807) is 36.4 Å². The Morgan fingerprint density at radius 2 is 1.67 bits per heavy atom. The lowest BCUT2D eigenvalue weighted by Crippen LogP contribution is -2.30. The van der Waals surface area contributed by atoms with Gasteiger partial charge < -0.3 is 16.0 Å². The van der Waals surface area contributed by atoms with E-state index < -0.39 is 17.1 Å². The first kappa shape index (κ1) is 35.4. The summed E-state index contributed by atoms with van der Waals surface area (Å²) in [6.45, 7) is 3.90. The zero-order valence-electron chi connectivity index (χ0n) is 28.4. The number of nitrogens with zero attached hydrogens (tertiary/aromatic N) is 1. The summed E-state index contributed by atoms with van der Waals surface area (Å²) in [6, 6.07) is 36.5. The Morgan fingerprint density at radius 1 is 0.941 bits per heavy atom. The molecule has 0 saturated carbocycles. The fourth-order valence-electron chi connectivity index (χ4n) is 6.17. The Bertz CT molecular complexity index is 2120. The highest BCUT2D eigenvalue weighted by atomic mass is 32.2. The molecule has 7 nitrogen and oxygen atoms in total. The van der Waals surface area contributed by atoms with Crippen LogP contribution in [0.15, 0.2) is 120 Å². The molecule has 1 aliphatic rings. The Hall–Kier alpha value is -5.43. The van der Waals surface area contributed by atoms with Gasteiger partial charge in [-0.1, -0.05) is 85.8 Å². The molecule has 1 heterocycles. The SMILES string of the molecule is CCC(Sc1cccc(NC(=O)/C(=C/c2ccccc2C)NC(=O)c2ccccc2)c1)C(=O)Nc1sc2c(c1C#N)CCC(c1ccccc1)C2. The predicted octanol–water partition coefficient (Wildman–Crippen LogP) is 9.12. The number of fused-ring (bicyclic) bond motifs is 1. The van der Waals surface area contributed by atoms with Crippen LogP contribution in [0.2, 0.25) is 0 Å². The molecule has 256 valence electrons. The number of carbonyl (C=O) groups excluding carboxylic acids is 3. The van der Waals surface area contributed by atoms with Crippen LogP contribution in [-0.4, -0.2) is 23.0 Å². The Kier molecular flexibility index (Phi) is 11.5. The van der Waals surface area contributed by atoms with Gasteiger partial charge in [0, 0.05) is 21.0 Å². The van der Waals surface area contributed by atoms with Gasteiger partial charge in [-0.3, -0.25) is 14.4 Å². The number of hydrogen-bond acceptors (Lipinski definition) is 6. The highest BCUT2D eigenvalue weighted by molar-refractivity contribution is 8.00. The molecular formula is C42H38N4O3S2. The maximum atomic E-state index is 13.7. The molecule has 3 N–H and O–H groups in total. The first-order chi connectivity index (χ1) is 24.8. The van der Waals surface area contributed by atoms with Crippen LogP contribution in [0.1, 0.15) is 68.7 Å². The van der Waals surface area contributed by atoms with Crippen molar-refractivity contribution in [1.82, 2.24) is 5.32 Å². The number of thiophene rings is 1. The van der Waals surface area contributed by atoms with Crippen LogP contribution >= 0.6 is 23.1 Å². The second kappa shape index (κ2) is 16.5. The molecule has 1 aliphatic carbocycles. The average molecular weight is 711 g/mol. The maximum Gasteiger partial charge on any atom is 0.272 e. The van der Waals surface area contributed by atoms with E-state index in [0.717, 1.165) is 40.8 Å². The molecular weight excluding hydrogens is 673 g/mol. The standard InChI is InChI=1S/C42H38N4O3S2/c1-3-37(41(49)46-42-35(26-43)34-22-21-31(24-38(34)51-42)28-14-6-4-7-15-28)50-33-20-12-19-32(25-33)44-40(48)36(23-30-18-11-10-13-27(30)2)45-39(47)29-16-8-5-9-17-29/h4-20,23,25,31,37H,3,21-22,24H2,1-2H3,(H,44,48)(H,45,47)(H,46,49)/b36-23-. The van der Waals surface area contributed by atoms with Crippen LogP contribution in [0.4, 0.5) is 10.7 Å². The van der Waals surface area contributed by atoms with Gasteiger partial charge in [-0.2, -0.15) is 5.26 Å². The first-order valence-corrected chi connectivity index (χ1v) is 18.6. The molecule has 0 bridgehead atoms. The molecule has 0 radical (unpaired) electrons. The summed E-state index contributed by atoms with van der Waals surface area (Å²) in [7, 11) is 0. The number of hydrogen-bond donors (Lipinski definition) is 3. The van der Waals surface area contributed by atoms with E-state index in [1.807, 2.05) is 68.4 Å². The van der Waals surface area contributed by atoms with Crippen molar-refractivity contribution in [3.8, 4) is 6.07 Å². The van der Waals surface area contributed by atoms with Crippen molar-refractivity contribution in [2.45, 2.75) is 55.6 Å². The van der Waals surface area contributed by atoms with Gasteiger partial charge in [-0.15, -0.1) is 23.1 Å². The largest absolute Gasteiger partial charge is 0.321 e. The fraction of sp³-hybridized carbons (Fsp3) is 0.190. The Labute approximate surface area is 306 Å². The van der Waals surface area contributed by atoms with E-state index in [-0.39, 0.29) is 11.6 Å². The minimum Gasteiger partial charge on any atom is -0.321 e. The molecule has 0 aliphatic heterocycles. The normalized spacial score (nSPS) is 14.5. The lowest BCUT2D eigenvalue weighted by Gasteiger charge is -2.22. The van der Waals surface area contributed by atoms with Crippen LogP contribution in [0.25, 0.3) is 6.08 Å². The van der Waals surface area contributed by atoms with E-state index in [1.165, 1.54) is 33.5 Å². The molecule has 0 fully saturated rings. The topological polar surface area (TPSA) is 111 Å². The van der Waals surface area contributed by atoms with Crippen LogP contribution in [0.3, 0.4) is 0 Å². The molecule has 51 heavy (non-hydrogen) atoms. The van der Waals surface area contributed by atoms with E-state index in [0.29, 0.717) is 34.2 Å². The summed E-state index contributed by atoms with van der Waals surface area (Å²) >= 11 is 2.92. The Morgan fingerprint density at radius 3 is 2.39 bits per heavy atom. The number of thioether (sulfide) groups is 1. The lowest BCUT2D eigenvalue weighted by molar-refractivity contribution is -0.116. The van der Waals surface area contributed by atoms with Crippen molar-refractivity contribution in [2.24, 2.45) is 0 Å². The van der Waals surface area contributed by atoms with Crippen molar-refractivity contribution >= 4 is 57.6 Å². The number of rotatable bonds is 11. The molecule has 2 unspecified atom stereocenters. The molecule has 6 rings (SSSR count). The zero-order chi connectivity index (χ0) is 35.7. The molecule has 2 atom stereocenters. The number of carbonyl (C=O) groups is 3. The summed E-state index contributed by atoms with van der Waals surface area (Å²) in [5.74, 6) is -0.643. The van der Waals surface area contributed by atoms with Gasteiger partial charge in [-0.25, -0.2) is 0 Å². The highest BCUT2D eigenvalue weighted by Crippen LogP contribution is 2.42. The average Bonchev–Trinajstić information content (AvgIpc) is 3.51. The van der Waals surface area contributed by atoms with Crippen LogP contribution in [0, 0.1) is 18.3 Å². The van der Waals surface area contributed by atoms with E-state index in [2.05, 4.69) is 46.3 Å². The number of nitriles is 1. The lowest BCUT2D eigenvalue weighted by atomic mass is 9.83. The highest BCUT2D eigenvalue weighted by Gasteiger charge is 2.28. The molecule has 0 spiro atoms. The summed E-state index contributed by atoms with van der Waals surface area (Å²) < 4.78 is 0. The zero-order valence-corrected chi connectivity index (χ0v) is 30.1. The van der Waals surface area contributed by atoms with E-state index in [4.69, 9.17) is 0 Å². The van der Waals surface area contributed by atoms with Crippen molar-refractivity contribution in [1.29, 1.82) is 5.26 Å². The molecule has 0 saturated heterocycles. The summed E-state index contributed by atoms with van der Waals surface area (Å²) in [6.07, 6.45) is 4.87. The van der Waals surface area contributed by atoms with E-state index >= 15 is 0 Å². The van der Waals surface area contributed by atoms with Crippen molar-refractivity contribution in [3.63, 3.8) is 0 Å². The minimum atomic E-state index is -0.477. The number of aryl methyl sites for hydroxylation is 1.